The number of aryl methyl sites for hydroxylation is 1. The lowest BCUT2D eigenvalue weighted by atomic mass is 10.2. The van der Waals surface area contributed by atoms with Crippen molar-refractivity contribution in [3.8, 4) is 0 Å². The second-order valence-corrected chi connectivity index (χ2v) is 5.41. The molecule has 106 valence electrons. The molecule has 1 rings (SSSR count). The topological polar surface area (TPSA) is 63.2 Å². The van der Waals surface area contributed by atoms with Crippen LogP contribution in [0.1, 0.15) is 32.0 Å². The summed E-state index contributed by atoms with van der Waals surface area (Å²) in [6, 6.07) is 4.02. The number of hydrogen-bond acceptors (Lipinski definition) is 4. The zero-order valence-electron chi connectivity index (χ0n) is 12.1. The van der Waals surface area contributed by atoms with E-state index in [1.54, 1.807) is 0 Å². The summed E-state index contributed by atoms with van der Waals surface area (Å²) in [6.45, 7) is 9.45. The van der Waals surface area contributed by atoms with Crippen LogP contribution >= 0.6 is 0 Å². The Labute approximate surface area is 114 Å². The first-order chi connectivity index (χ1) is 8.87. The number of rotatable bonds is 5. The number of hydrogen-bond donors (Lipinski definition) is 2. The fourth-order valence-electron chi connectivity index (χ4n) is 1.40. The molecule has 19 heavy (non-hydrogen) atoms. The Balaban J connectivity index is 2.11. The average molecular weight is 265 g/mol. The molecule has 0 aliphatic carbocycles. The van der Waals surface area contributed by atoms with E-state index in [2.05, 4.69) is 15.6 Å². The molecule has 1 aromatic rings. The number of carbonyl (C=O) groups is 1. The lowest BCUT2D eigenvalue weighted by Gasteiger charge is -2.19. The van der Waals surface area contributed by atoms with E-state index in [9.17, 15) is 4.79 Å². The fourth-order valence-corrected chi connectivity index (χ4v) is 1.40. The van der Waals surface area contributed by atoms with Gasteiger partial charge in [0.15, 0.2) is 0 Å². The molecule has 0 fully saturated rings. The van der Waals surface area contributed by atoms with E-state index >= 15 is 0 Å². The minimum Gasteiger partial charge on any atom is -0.444 e. The van der Waals surface area contributed by atoms with Gasteiger partial charge in [0.25, 0.3) is 0 Å². The van der Waals surface area contributed by atoms with Gasteiger partial charge in [-0.1, -0.05) is 6.07 Å². The van der Waals surface area contributed by atoms with Crippen LogP contribution < -0.4 is 10.6 Å². The maximum Gasteiger partial charge on any atom is 0.407 e. The van der Waals surface area contributed by atoms with E-state index < -0.39 is 5.60 Å². The molecular weight excluding hydrogens is 242 g/mol. The van der Waals surface area contributed by atoms with Crippen LogP contribution in [0, 0.1) is 6.92 Å². The van der Waals surface area contributed by atoms with Crippen molar-refractivity contribution in [3.05, 3.63) is 29.6 Å². The van der Waals surface area contributed by atoms with Crippen molar-refractivity contribution in [1.29, 1.82) is 0 Å². The Morgan fingerprint density at radius 2 is 2.05 bits per heavy atom. The third kappa shape index (κ3) is 7.41. The van der Waals surface area contributed by atoms with Gasteiger partial charge in [0.2, 0.25) is 0 Å². The Hall–Kier alpha value is -1.62. The van der Waals surface area contributed by atoms with E-state index in [4.69, 9.17) is 4.74 Å². The molecule has 0 saturated heterocycles. The maximum atomic E-state index is 11.4. The van der Waals surface area contributed by atoms with Crippen molar-refractivity contribution >= 4 is 6.09 Å². The number of ether oxygens (including phenoxy) is 1. The SMILES string of the molecule is Cc1ccc(CNCCNC(=O)OC(C)(C)C)cn1. The van der Waals surface area contributed by atoms with Gasteiger partial charge in [0.1, 0.15) is 5.60 Å². The van der Waals surface area contributed by atoms with E-state index in [1.807, 2.05) is 46.0 Å². The van der Waals surface area contributed by atoms with Crippen LogP contribution in [0.2, 0.25) is 0 Å². The second-order valence-electron chi connectivity index (χ2n) is 5.41. The molecule has 2 N–H and O–H groups in total. The number of alkyl carbamates (subject to hydrolysis) is 1. The van der Waals surface area contributed by atoms with Gasteiger partial charge >= 0.3 is 6.09 Å². The summed E-state index contributed by atoms with van der Waals surface area (Å²) in [5.74, 6) is 0. The summed E-state index contributed by atoms with van der Waals surface area (Å²) >= 11 is 0. The zero-order chi connectivity index (χ0) is 14.3. The predicted octanol–water partition coefficient (Wildman–Crippen LogP) is 2.00. The van der Waals surface area contributed by atoms with Gasteiger partial charge in [-0.3, -0.25) is 4.98 Å². The number of carbonyl (C=O) groups excluding carboxylic acids is 1. The molecule has 0 aromatic carbocycles. The number of nitrogens with zero attached hydrogens (tertiary/aromatic N) is 1. The zero-order valence-corrected chi connectivity index (χ0v) is 12.1. The third-order valence-corrected chi connectivity index (χ3v) is 2.27. The van der Waals surface area contributed by atoms with E-state index in [1.165, 1.54) is 0 Å². The first-order valence-corrected chi connectivity index (χ1v) is 6.46. The highest BCUT2D eigenvalue weighted by molar-refractivity contribution is 5.67. The maximum absolute atomic E-state index is 11.4. The monoisotopic (exact) mass is 265 g/mol. The van der Waals surface area contributed by atoms with Gasteiger partial charge in [-0.15, -0.1) is 0 Å². The van der Waals surface area contributed by atoms with Crippen molar-refractivity contribution in [1.82, 2.24) is 15.6 Å². The third-order valence-electron chi connectivity index (χ3n) is 2.27. The van der Waals surface area contributed by atoms with Crippen LogP contribution in [0.4, 0.5) is 4.79 Å². The van der Waals surface area contributed by atoms with Gasteiger partial charge in [-0.25, -0.2) is 4.79 Å². The molecule has 0 spiro atoms. The summed E-state index contributed by atoms with van der Waals surface area (Å²) in [4.78, 5) is 15.6. The second kappa shape index (κ2) is 7.09. The lowest BCUT2D eigenvalue weighted by molar-refractivity contribution is 0.0528. The van der Waals surface area contributed by atoms with Crippen molar-refractivity contribution in [2.45, 2.75) is 39.8 Å². The van der Waals surface area contributed by atoms with Gasteiger partial charge < -0.3 is 15.4 Å². The Bertz CT molecular complexity index is 396. The molecule has 5 nitrogen and oxygen atoms in total. The Morgan fingerprint density at radius 3 is 2.63 bits per heavy atom. The molecule has 0 saturated carbocycles. The molecule has 0 atom stereocenters. The van der Waals surface area contributed by atoms with E-state index in [0.717, 1.165) is 17.8 Å². The van der Waals surface area contributed by atoms with Crippen molar-refractivity contribution in [2.24, 2.45) is 0 Å². The predicted molar refractivity (Wildman–Crippen MR) is 74.9 cm³/mol. The van der Waals surface area contributed by atoms with Crippen LogP contribution in [0.3, 0.4) is 0 Å². The summed E-state index contributed by atoms with van der Waals surface area (Å²) in [6.07, 6.45) is 1.47. The quantitative estimate of drug-likeness (QED) is 0.799. The van der Waals surface area contributed by atoms with E-state index in [-0.39, 0.29) is 6.09 Å². The Morgan fingerprint density at radius 1 is 1.32 bits per heavy atom. The highest BCUT2D eigenvalue weighted by Gasteiger charge is 2.15. The van der Waals surface area contributed by atoms with Crippen molar-refractivity contribution in [2.75, 3.05) is 13.1 Å². The van der Waals surface area contributed by atoms with Gasteiger partial charge in [-0.05, 0) is 39.3 Å². The number of pyridine rings is 1. The summed E-state index contributed by atoms with van der Waals surface area (Å²) < 4.78 is 5.13. The summed E-state index contributed by atoms with van der Waals surface area (Å²) in [5, 5.41) is 5.92. The van der Waals surface area contributed by atoms with Crippen molar-refractivity contribution in [3.63, 3.8) is 0 Å². The first-order valence-electron chi connectivity index (χ1n) is 6.46. The van der Waals surface area contributed by atoms with Gasteiger partial charge in [-0.2, -0.15) is 0 Å². The standard InChI is InChI=1S/C14H23N3O2/c1-11-5-6-12(10-17-11)9-15-7-8-16-13(18)19-14(2,3)4/h5-6,10,15H,7-9H2,1-4H3,(H,16,18). The number of aromatic nitrogens is 1. The minimum absolute atomic E-state index is 0.383. The number of amides is 1. The highest BCUT2D eigenvalue weighted by Crippen LogP contribution is 2.06. The fraction of sp³-hybridized carbons (Fsp3) is 0.571. The highest BCUT2D eigenvalue weighted by atomic mass is 16.6. The van der Waals surface area contributed by atoms with Gasteiger partial charge in [0, 0.05) is 31.5 Å². The summed E-state index contributed by atoms with van der Waals surface area (Å²) in [5.41, 5.74) is 1.68. The van der Waals surface area contributed by atoms with Gasteiger partial charge in [0.05, 0.1) is 0 Å². The molecule has 0 aliphatic rings. The summed E-state index contributed by atoms with van der Waals surface area (Å²) in [7, 11) is 0. The molecule has 0 bridgehead atoms. The molecule has 1 heterocycles. The van der Waals surface area contributed by atoms with Crippen molar-refractivity contribution < 1.29 is 9.53 Å². The molecular formula is C14H23N3O2. The van der Waals surface area contributed by atoms with Crippen LogP contribution in [-0.4, -0.2) is 29.8 Å². The molecule has 0 aliphatic heterocycles. The lowest BCUT2D eigenvalue weighted by Crippen LogP contribution is -2.36. The first kappa shape index (κ1) is 15.4. The minimum atomic E-state index is -0.453. The van der Waals surface area contributed by atoms with Crippen LogP contribution in [0.25, 0.3) is 0 Å². The van der Waals surface area contributed by atoms with Crippen LogP contribution in [0.15, 0.2) is 18.3 Å². The molecule has 1 aromatic heterocycles. The molecule has 5 heteroatoms. The normalized spacial score (nSPS) is 11.2. The van der Waals surface area contributed by atoms with Crippen LogP contribution in [-0.2, 0) is 11.3 Å². The molecule has 0 radical (unpaired) electrons. The smallest absolute Gasteiger partial charge is 0.407 e. The molecule has 1 amide bonds. The van der Waals surface area contributed by atoms with Crippen LogP contribution in [0.5, 0.6) is 0 Å². The molecule has 0 unspecified atom stereocenters. The Kier molecular flexibility index (Phi) is 5.76. The van der Waals surface area contributed by atoms with E-state index in [0.29, 0.717) is 13.1 Å². The largest absolute Gasteiger partial charge is 0.444 e. The number of nitrogens with one attached hydrogen (secondary N) is 2. The average Bonchev–Trinajstić information content (AvgIpc) is 2.29.